The monoisotopic (exact) mass is 465 g/mol. The maximum absolute atomic E-state index is 13.3. The number of halogens is 6. The van der Waals surface area contributed by atoms with Crippen LogP contribution in [0.2, 0.25) is 10.0 Å². The minimum absolute atomic E-state index is 0. The highest BCUT2D eigenvalue weighted by atomic mass is 35.5. The van der Waals surface area contributed by atoms with E-state index in [-0.39, 0.29) is 12.4 Å². The summed E-state index contributed by atoms with van der Waals surface area (Å²) in [5, 5.41) is 16.5. The van der Waals surface area contributed by atoms with Gasteiger partial charge in [-0.1, -0.05) is 42.6 Å². The predicted octanol–water partition coefficient (Wildman–Crippen LogP) is 7.16. The zero-order valence-electron chi connectivity index (χ0n) is 15.6. The van der Waals surface area contributed by atoms with Crippen LogP contribution in [0, 0.1) is 0 Å². The van der Waals surface area contributed by atoms with Crippen molar-refractivity contribution in [3.63, 3.8) is 0 Å². The average molecular weight is 467 g/mol. The molecule has 0 aliphatic carbocycles. The zero-order chi connectivity index (χ0) is 20.5. The number of aliphatic hydroxyl groups is 1. The van der Waals surface area contributed by atoms with Crippen molar-refractivity contribution in [3.8, 4) is 0 Å². The fraction of sp³-hybridized carbons (Fsp3) is 0.333. The fourth-order valence-electron chi connectivity index (χ4n) is 3.31. The Morgan fingerprint density at radius 2 is 1.69 bits per heavy atom. The summed E-state index contributed by atoms with van der Waals surface area (Å²) in [6.45, 7) is 3.13. The van der Waals surface area contributed by atoms with E-state index in [0.717, 1.165) is 31.5 Å². The SMILES string of the molecule is CCCCNCC(O)c1cc2c(Cl)cc(Cl)cc2c2cc(C(F)(F)F)ccc12.Cl. The van der Waals surface area contributed by atoms with Crippen LogP contribution in [0.3, 0.4) is 0 Å². The fourth-order valence-corrected chi connectivity index (χ4v) is 3.86. The van der Waals surface area contributed by atoms with Crippen molar-refractivity contribution in [1.29, 1.82) is 0 Å². The lowest BCUT2D eigenvalue weighted by molar-refractivity contribution is -0.137. The Labute approximate surface area is 183 Å². The molecule has 0 saturated carbocycles. The molecule has 3 rings (SSSR count). The molecule has 0 spiro atoms. The van der Waals surface area contributed by atoms with E-state index in [1.807, 2.05) is 0 Å². The van der Waals surface area contributed by atoms with Crippen molar-refractivity contribution in [2.24, 2.45) is 0 Å². The summed E-state index contributed by atoms with van der Waals surface area (Å²) in [7, 11) is 0. The highest BCUT2D eigenvalue weighted by Gasteiger charge is 2.31. The van der Waals surface area contributed by atoms with Gasteiger partial charge in [-0.15, -0.1) is 12.4 Å². The Hall–Kier alpha value is -1.24. The lowest BCUT2D eigenvalue weighted by Gasteiger charge is -2.18. The van der Waals surface area contributed by atoms with Gasteiger partial charge in [0.2, 0.25) is 0 Å². The topological polar surface area (TPSA) is 32.3 Å². The summed E-state index contributed by atoms with van der Waals surface area (Å²) < 4.78 is 39.8. The van der Waals surface area contributed by atoms with Gasteiger partial charge in [-0.3, -0.25) is 0 Å². The van der Waals surface area contributed by atoms with Gasteiger partial charge in [-0.2, -0.15) is 13.2 Å². The maximum Gasteiger partial charge on any atom is 0.416 e. The molecule has 1 unspecified atom stereocenters. The van der Waals surface area contributed by atoms with Crippen LogP contribution in [0.1, 0.15) is 37.0 Å². The van der Waals surface area contributed by atoms with E-state index in [4.69, 9.17) is 23.2 Å². The second kappa shape index (κ2) is 9.71. The Balaban J connectivity index is 0.00000300. The molecule has 2 nitrogen and oxygen atoms in total. The molecule has 0 aliphatic rings. The van der Waals surface area contributed by atoms with E-state index >= 15 is 0 Å². The van der Waals surface area contributed by atoms with Crippen LogP contribution < -0.4 is 5.32 Å². The smallest absolute Gasteiger partial charge is 0.387 e. The van der Waals surface area contributed by atoms with E-state index in [1.165, 1.54) is 6.07 Å². The first kappa shape index (κ1) is 24.0. The van der Waals surface area contributed by atoms with Gasteiger partial charge in [0.15, 0.2) is 0 Å². The standard InChI is InChI=1S/C21H20Cl2F3NO.ClH/c1-2-3-6-27-11-20(28)18-10-17-16(8-13(22)9-19(17)23)15-7-12(21(24,25)26)4-5-14(15)18;/h4-5,7-10,20,27-28H,2-3,6,11H2,1H3;1H. The average Bonchev–Trinajstić information content (AvgIpc) is 2.63. The molecule has 0 amide bonds. The van der Waals surface area contributed by atoms with Gasteiger partial charge in [-0.25, -0.2) is 0 Å². The second-order valence-electron chi connectivity index (χ2n) is 6.78. The number of hydrogen-bond donors (Lipinski definition) is 2. The molecule has 3 aromatic rings. The molecule has 0 saturated heterocycles. The Morgan fingerprint density at radius 1 is 1.00 bits per heavy atom. The van der Waals surface area contributed by atoms with Crippen molar-refractivity contribution in [3.05, 3.63) is 57.6 Å². The number of nitrogens with one attached hydrogen (secondary N) is 1. The molecule has 2 N–H and O–H groups in total. The van der Waals surface area contributed by atoms with Gasteiger partial charge in [0, 0.05) is 22.0 Å². The lowest BCUT2D eigenvalue weighted by atomic mass is 9.93. The van der Waals surface area contributed by atoms with Crippen LogP contribution in [0.5, 0.6) is 0 Å². The van der Waals surface area contributed by atoms with Crippen molar-refractivity contribution >= 4 is 57.2 Å². The number of rotatable bonds is 6. The Kier molecular flexibility index (Phi) is 8.05. The Morgan fingerprint density at radius 3 is 2.34 bits per heavy atom. The molecule has 0 heterocycles. The van der Waals surface area contributed by atoms with E-state index in [9.17, 15) is 18.3 Å². The summed E-state index contributed by atoms with van der Waals surface area (Å²) in [5.41, 5.74) is -0.227. The van der Waals surface area contributed by atoms with Crippen LogP contribution >= 0.6 is 35.6 Å². The van der Waals surface area contributed by atoms with Crippen molar-refractivity contribution in [1.82, 2.24) is 5.32 Å². The number of aliphatic hydroxyl groups excluding tert-OH is 1. The first-order valence-corrected chi connectivity index (χ1v) is 9.79. The van der Waals surface area contributed by atoms with Crippen LogP contribution in [0.4, 0.5) is 13.2 Å². The van der Waals surface area contributed by atoms with Gasteiger partial charge in [0.05, 0.1) is 11.7 Å². The highest BCUT2D eigenvalue weighted by molar-refractivity contribution is 6.39. The van der Waals surface area contributed by atoms with E-state index < -0.39 is 17.8 Å². The lowest BCUT2D eigenvalue weighted by Crippen LogP contribution is -2.22. The normalized spacial score (nSPS) is 12.9. The Bertz CT molecular complexity index is 1010. The molecule has 29 heavy (non-hydrogen) atoms. The zero-order valence-corrected chi connectivity index (χ0v) is 17.9. The van der Waals surface area contributed by atoms with Gasteiger partial charge in [0.25, 0.3) is 0 Å². The van der Waals surface area contributed by atoms with Crippen molar-refractivity contribution in [2.45, 2.75) is 32.0 Å². The van der Waals surface area contributed by atoms with Gasteiger partial charge >= 0.3 is 6.18 Å². The largest absolute Gasteiger partial charge is 0.416 e. The van der Waals surface area contributed by atoms with Crippen LogP contribution in [0.25, 0.3) is 21.5 Å². The third-order valence-corrected chi connectivity index (χ3v) is 5.28. The number of hydrogen-bond acceptors (Lipinski definition) is 2. The first-order valence-electron chi connectivity index (χ1n) is 9.03. The molecule has 0 bridgehead atoms. The number of benzene rings is 3. The number of unbranched alkanes of at least 4 members (excludes halogenated alkanes) is 1. The van der Waals surface area contributed by atoms with E-state index in [1.54, 1.807) is 18.2 Å². The summed E-state index contributed by atoms with van der Waals surface area (Å²) in [5.74, 6) is 0. The van der Waals surface area contributed by atoms with Gasteiger partial charge in [0.1, 0.15) is 0 Å². The minimum Gasteiger partial charge on any atom is -0.387 e. The molecule has 8 heteroatoms. The molecular formula is C21H21Cl3F3NO. The third-order valence-electron chi connectivity index (χ3n) is 4.75. The van der Waals surface area contributed by atoms with Gasteiger partial charge < -0.3 is 10.4 Å². The summed E-state index contributed by atoms with van der Waals surface area (Å²) >= 11 is 12.4. The molecule has 0 aliphatic heterocycles. The molecule has 0 fully saturated rings. The minimum atomic E-state index is -4.47. The molecule has 3 aromatic carbocycles. The molecular weight excluding hydrogens is 446 g/mol. The number of fused-ring (bicyclic) bond motifs is 3. The third kappa shape index (κ3) is 5.28. The molecule has 158 valence electrons. The molecule has 0 radical (unpaired) electrons. The molecule has 0 aromatic heterocycles. The second-order valence-corrected chi connectivity index (χ2v) is 7.62. The van der Waals surface area contributed by atoms with E-state index in [2.05, 4.69) is 12.2 Å². The maximum atomic E-state index is 13.3. The van der Waals surface area contributed by atoms with Crippen molar-refractivity contribution in [2.75, 3.05) is 13.1 Å². The van der Waals surface area contributed by atoms with Crippen molar-refractivity contribution < 1.29 is 18.3 Å². The van der Waals surface area contributed by atoms with Crippen LogP contribution in [0.15, 0.2) is 36.4 Å². The molecule has 1 atom stereocenters. The highest BCUT2D eigenvalue weighted by Crippen LogP contribution is 2.40. The van der Waals surface area contributed by atoms with E-state index in [0.29, 0.717) is 43.7 Å². The predicted molar refractivity (Wildman–Crippen MR) is 116 cm³/mol. The van der Waals surface area contributed by atoms with Crippen LogP contribution in [-0.2, 0) is 6.18 Å². The number of alkyl halides is 3. The summed E-state index contributed by atoms with van der Waals surface area (Å²) in [6.07, 6.45) is -3.35. The summed E-state index contributed by atoms with van der Waals surface area (Å²) in [6, 6.07) is 8.39. The summed E-state index contributed by atoms with van der Waals surface area (Å²) in [4.78, 5) is 0. The van der Waals surface area contributed by atoms with Gasteiger partial charge in [-0.05, 0) is 65.0 Å². The van der Waals surface area contributed by atoms with Crippen LogP contribution in [-0.4, -0.2) is 18.2 Å². The first-order chi connectivity index (χ1) is 13.2. The quantitative estimate of drug-likeness (QED) is 0.298.